The summed E-state index contributed by atoms with van der Waals surface area (Å²) >= 11 is 0. The van der Waals surface area contributed by atoms with Crippen LogP contribution in [0.4, 0.5) is 0 Å². The average Bonchev–Trinajstić information content (AvgIpc) is 2.49. The van der Waals surface area contributed by atoms with E-state index in [1.807, 2.05) is 0 Å². The van der Waals surface area contributed by atoms with E-state index < -0.39 is 0 Å². The Balaban J connectivity index is 1.57. The normalized spacial score (nSPS) is 23.1. The standard InChI is InChI=1S/C18H23NO/c20-17-10-8-14(9-11-17)12-19-13-16-6-3-5-15-4-1-2-7-18(15)16/h1-7,14,17,19-20H,8-13H2. The maximum Gasteiger partial charge on any atom is 0.0540 e. The molecule has 1 aliphatic rings. The van der Waals surface area contributed by atoms with Gasteiger partial charge in [0.2, 0.25) is 0 Å². The molecule has 1 saturated carbocycles. The summed E-state index contributed by atoms with van der Waals surface area (Å²) in [7, 11) is 0. The van der Waals surface area contributed by atoms with Gasteiger partial charge in [0.25, 0.3) is 0 Å². The minimum atomic E-state index is -0.0516. The SMILES string of the molecule is OC1CCC(CNCc2cccc3ccccc23)CC1. The Morgan fingerprint density at radius 3 is 2.55 bits per heavy atom. The molecule has 2 N–H and O–H groups in total. The van der Waals surface area contributed by atoms with E-state index in [2.05, 4.69) is 47.8 Å². The molecule has 0 heterocycles. The van der Waals surface area contributed by atoms with Crippen molar-refractivity contribution in [3.05, 3.63) is 48.0 Å². The number of aliphatic hydroxyl groups excluding tert-OH is 1. The predicted molar refractivity (Wildman–Crippen MR) is 83.6 cm³/mol. The van der Waals surface area contributed by atoms with E-state index in [0.717, 1.165) is 44.7 Å². The van der Waals surface area contributed by atoms with Crippen molar-refractivity contribution in [1.29, 1.82) is 0 Å². The number of nitrogens with one attached hydrogen (secondary N) is 1. The summed E-state index contributed by atoms with van der Waals surface area (Å²) in [5.74, 6) is 0.730. The zero-order chi connectivity index (χ0) is 13.8. The summed E-state index contributed by atoms with van der Waals surface area (Å²) in [6, 6.07) is 15.1. The molecule has 1 fully saturated rings. The molecule has 106 valence electrons. The van der Waals surface area contributed by atoms with Crippen molar-refractivity contribution in [3.63, 3.8) is 0 Å². The van der Waals surface area contributed by atoms with Crippen molar-refractivity contribution in [2.45, 2.75) is 38.3 Å². The zero-order valence-corrected chi connectivity index (χ0v) is 11.9. The van der Waals surface area contributed by atoms with Gasteiger partial charge in [-0.3, -0.25) is 0 Å². The summed E-state index contributed by atoms with van der Waals surface area (Å²) in [6.45, 7) is 2.00. The lowest BCUT2D eigenvalue weighted by atomic mass is 9.87. The van der Waals surface area contributed by atoms with Crippen LogP contribution in [0.3, 0.4) is 0 Å². The van der Waals surface area contributed by atoms with E-state index >= 15 is 0 Å². The maximum absolute atomic E-state index is 9.53. The predicted octanol–water partition coefficient (Wildman–Crippen LogP) is 3.48. The molecule has 2 nitrogen and oxygen atoms in total. The number of aliphatic hydroxyl groups is 1. The van der Waals surface area contributed by atoms with E-state index in [4.69, 9.17) is 0 Å². The topological polar surface area (TPSA) is 32.3 Å². The van der Waals surface area contributed by atoms with Crippen molar-refractivity contribution in [2.24, 2.45) is 5.92 Å². The van der Waals surface area contributed by atoms with Gasteiger partial charge in [0.15, 0.2) is 0 Å². The first-order chi connectivity index (χ1) is 9.83. The number of benzene rings is 2. The lowest BCUT2D eigenvalue weighted by Crippen LogP contribution is -2.27. The third-order valence-corrected chi connectivity index (χ3v) is 4.44. The minimum absolute atomic E-state index is 0.0516. The quantitative estimate of drug-likeness (QED) is 0.890. The van der Waals surface area contributed by atoms with E-state index in [9.17, 15) is 5.11 Å². The first-order valence-electron chi connectivity index (χ1n) is 7.68. The fourth-order valence-corrected chi connectivity index (χ4v) is 3.21. The molecule has 0 unspecified atom stereocenters. The molecule has 2 aromatic carbocycles. The molecule has 20 heavy (non-hydrogen) atoms. The third-order valence-electron chi connectivity index (χ3n) is 4.44. The Labute approximate surface area is 120 Å². The molecule has 2 aromatic rings. The highest BCUT2D eigenvalue weighted by atomic mass is 16.3. The molecule has 0 radical (unpaired) electrons. The Bertz CT molecular complexity index is 553. The minimum Gasteiger partial charge on any atom is -0.393 e. The molecule has 0 spiro atoms. The molecule has 2 heteroatoms. The van der Waals surface area contributed by atoms with Gasteiger partial charge in [-0.15, -0.1) is 0 Å². The van der Waals surface area contributed by atoms with E-state index in [1.54, 1.807) is 0 Å². The van der Waals surface area contributed by atoms with Crippen LogP contribution in [0.2, 0.25) is 0 Å². The average molecular weight is 269 g/mol. The Hall–Kier alpha value is -1.38. The van der Waals surface area contributed by atoms with Crippen LogP contribution < -0.4 is 5.32 Å². The summed E-state index contributed by atoms with van der Waals surface area (Å²) in [5, 5.41) is 15.8. The van der Waals surface area contributed by atoms with Gasteiger partial charge in [-0.2, -0.15) is 0 Å². The lowest BCUT2D eigenvalue weighted by molar-refractivity contribution is 0.108. The van der Waals surface area contributed by atoms with Crippen molar-refractivity contribution in [2.75, 3.05) is 6.54 Å². The second-order valence-electron chi connectivity index (χ2n) is 5.94. The zero-order valence-electron chi connectivity index (χ0n) is 11.9. The van der Waals surface area contributed by atoms with Gasteiger partial charge >= 0.3 is 0 Å². The number of hydrogen-bond donors (Lipinski definition) is 2. The lowest BCUT2D eigenvalue weighted by Gasteiger charge is -2.25. The third kappa shape index (κ3) is 3.20. The molecular weight excluding hydrogens is 246 g/mol. The molecule has 0 bridgehead atoms. The van der Waals surface area contributed by atoms with Gasteiger partial charge in [0, 0.05) is 6.54 Å². The van der Waals surface area contributed by atoms with Gasteiger partial charge in [0.1, 0.15) is 0 Å². The highest BCUT2D eigenvalue weighted by Gasteiger charge is 2.18. The Morgan fingerprint density at radius 2 is 1.70 bits per heavy atom. The summed E-state index contributed by atoms with van der Waals surface area (Å²) in [4.78, 5) is 0. The highest BCUT2D eigenvalue weighted by molar-refractivity contribution is 5.85. The fourth-order valence-electron chi connectivity index (χ4n) is 3.21. The molecule has 1 aliphatic carbocycles. The van der Waals surface area contributed by atoms with Crippen LogP contribution in [0.15, 0.2) is 42.5 Å². The second kappa shape index (κ2) is 6.38. The van der Waals surface area contributed by atoms with Gasteiger partial charge in [0.05, 0.1) is 6.10 Å². The smallest absolute Gasteiger partial charge is 0.0540 e. The first kappa shape index (κ1) is 13.6. The molecule has 0 amide bonds. The maximum atomic E-state index is 9.53. The number of rotatable bonds is 4. The van der Waals surface area contributed by atoms with Crippen LogP contribution in [-0.2, 0) is 6.54 Å². The molecule has 0 atom stereocenters. The van der Waals surface area contributed by atoms with E-state index in [-0.39, 0.29) is 6.10 Å². The molecule has 0 saturated heterocycles. The second-order valence-corrected chi connectivity index (χ2v) is 5.94. The van der Waals surface area contributed by atoms with Crippen LogP contribution in [0, 0.1) is 5.92 Å². The first-order valence-corrected chi connectivity index (χ1v) is 7.68. The number of hydrogen-bond acceptors (Lipinski definition) is 2. The van der Waals surface area contributed by atoms with Crippen LogP contribution in [0.5, 0.6) is 0 Å². The monoisotopic (exact) mass is 269 g/mol. The van der Waals surface area contributed by atoms with Gasteiger partial charge in [-0.25, -0.2) is 0 Å². The largest absolute Gasteiger partial charge is 0.393 e. The summed E-state index contributed by atoms with van der Waals surface area (Å²) in [6.07, 6.45) is 4.21. The molecule has 3 rings (SSSR count). The van der Waals surface area contributed by atoms with Crippen molar-refractivity contribution >= 4 is 10.8 Å². The van der Waals surface area contributed by atoms with Crippen LogP contribution in [0.1, 0.15) is 31.2 Å². The van der Waals surface area contributed by atoms with Crippen molar-refractivity contribution in [3.8, 4) is 0 Å². The van der Waals surface area contributed by atoms with Crippen LogP contribution >= 0.6 is 0 Å². The Morgan fingerprint density at radius 1 is 0.950 bits per heavy atom. The Kier molecular flexibility index (Phi) is 4.34. The van der Waals surface area contributed by atoms with E-state index in [0.29, 0.717) is 0 Å². The van der Waals surface area contributed by atoms with Gasteiger partial charge in [-0.05, 0) is 54.5 Å². The number of fused-ring (bicyclic) bond motifs is 1. The van der Waals surface area contributed by atoms with Crippen LogP contribution in [0.25, 0.3) is 10.8 Å². The van der Waals surface area contributed by atoms with Crippen molar-refractivity contribution in [1.82, 2.24) is 5.32 Å². The molecule has 0 aromatic heterocycles. The van der Waals surface area contributed by atoms with Gasteiger partial charge in [-0.1, -0.05) is 42.5 Å². The fraction of sp³-hybridized carbons (Fsp3) is 0.444. The summed E-state index contributed by atoms with van der Waals surface area (Å²) < 4.78 is 0. The summed E-state index contributed by atoms with van der Waals surface area (Å²) in [5.41, 5.74) is 1.37. The van der Waals surface area contributed by atoms with Crippen LogP contribution in [-0.4, -0.2) is 17.8 Å². The van der Waals surface area contributed by atoms with E-state index in [1.165, 1.54) is 16.3 Å². The highest BCUT2D eigenvalue weighted by Crippen LogP contribution is 2.24. The molecular formula is C18H23NO. The van der Waals surface area contributed by atoms with Crippen molar-refractivity contribution < 1.29 is 5.11 Å². The van der Waals surface area contributed by atoms with Gasteiger partial charge < -0.3 is 10.4 Å². The molecule has 0 aliphatic heterocycles.